The molecule has 0 bridgehead atoms. The van der Waals surface area contributed by atoms with Crippen LogP contribution in [-0.2, 0) is 4.79 Å². The topological polar surface area (TPSA) is 17.1 Å². The Balaban J connectivity index is 2.71. The van der Waals surface area contributed by atoms with Crippen molar-refractivity contribution in [1.82, 2.24) is 0 Å². The van der Waals surface area contributed by atoms with Crippen LogP contribution in [0.4, 0.5) is 0 Å². The third-order valence-corrected chi connectivity index (χ3v) is 4.02. The highest BCUT2D eigenvalue weighted by atomic mass is 79.9. The first kappa shape index (κ1) is 11.8. The molecule has 16 heavy (non-hydrogen) atoms. The molecule has 0 radical (unpaired) electrons. The second-order valence-corrected chi connectivity index (χ2v) is 5.08. The molecule has 1 atom stereocenters. The monoisotopic (exact) mass is 340 g/mol. The number of aldehydes is 1. The first-order chi connectivity index (χ1) is 7.77. The van der Waals surface area contributed by atoms with Crippen LogP contribution in [0, 0.1) is 0 Å². The summed E-state index contributed by atoms with van der Waals surface area (Å²) in [6.07, 6.45) is 0.991. The minimum Gasteiger partial charge on any atom is -0.303 e. The summed E-state index contributed by atoms with van der Waals surface area (Å²) in [4.78, 5) is 11.0. The molecule has 0 aromatic heterocycles. The van der Waals surface area contributed by atoms with E-state index in [0.29, 0.717) is 5.33 Å². The fourth-order valence-electron chi connectivity index (χ4n) is 1.81. The molecule has 3 heteroatoms. The van der Waals surface area contributed by atoms with Crippen molar-refractivity contribution in [3.8, 4) is 0 Å². The van der Waals surface area contributed by atoms with Crippen LogP contribution in [-0.4, -0.2) is 11.6 Å². The van der Waals surface area contributed by atoms with E-state index in [1.807, 2.05) is 24.3 Å². The van der Waals surface area contributed by atoms with Crippen LogP contribution < -0.4 is 0 Å². The fraction of sp³-hybridized carbons (Fsp3) is 0.154. The standard InChI is InChI=1S/C13H10Br2O/c14-7-9(8-16)10-3-1-5-12-11(10)4-2-6-13(12)15/h1-6,8-9H,7H2. The maximum absolute atomic E-state index is 11.0. The lowest BCUT2D eigenvalue weighted by molar-refractivity contribution is -0.108. The number of hydrogen-bond acceptors (Lipinski definition) is 1. The highest BCUT2D eigenvalue weighted by molar-refractivity contribution is 9.10. The molecule has 0 aliphatic carbocycles. The average molecular weight is 342 g/mol. The molecular weight excluding hydrogens is 332 g/mol. The number of fused-ring (bicyclic) bond motifs is 1. The van der Waals surface area contributed by atoms with Crippen molar-refractivity contribution in [2.75, 3.05) is 5.33 Å². The zero-order chi connectivity index (χ0) is 11.5. The van der Waals surface area contributed by atoms with E-state index in [1.54, 1.807) is 0 Å². The van der Waals surface area contributed by atoms with E-state index < -0.39 is 0 Å². The van der Waals surface area contributed by atoms with E-state index in [4.69, 9.17) is 0 Å². The van der Waals surface area contributed by atoms with E-state index in [-0.39, 0.29) is 5.92 Å². The van der Waals surface area contributed by atoms with Crippen molar-refractivity contribution >= 4 is 48.9 Å². The van der Waals surface area contributed by atoms with E-state index in [9.17, 15) is 4.79 Å². The number of rotatable bonds is 3. The van der Waals surface area contributed by atoms with Crippen molar-refractivity contribution in [3.05, 3.63) is 46.4 Å². The molecular formula is C13H10Br2O. The van der Waals surface area contributed by atoms with Gasteiger partial charge in [0, 0.05) is 15.7 Å². The van der Waals surface area contributed by atoms with Gasteiger partial charge in [0.15, 0.2) is 0 Å². The Morgan fingerprint density at radius 1 is 1.12 bits per heavy atom. The van der Waals surface area contributed by atoms with E-state index in [2.05, 4.69) is 44.0 Å². The van der Waals surface area contributed by atoms with Crippen molar-refractivity contribution in [2.45, 2.75) is 5.92 Å². The molecule has 1 nitrogen and oxygen atoms in total. The van der Waals surface area contributed by atoms with Gasteiger partial charge in [0.2, 0.25) is 0 Å². The molecule has 2 aromatic rings. The van der Waals surface area contributed by atoms with Crippen molar-refractivity contribution < 1.29 is 4.79 Å². The summed E-state index contributed by atoms with van der Waals surface area (Å²) < 4.78 is 1.06. The van der Waals surface area contributed by atoms with Crippen molar-refractivity contribution in [1.29, 1.82) is 0 Å². The van der Waals surface area contributed by atoms with Crippen molar-refractivity contribution in [3.63, 3.8) is 0 Å². The Labute approximate surface area is 111 Å². The van der Waals surface area contributed by atoms with Gasteiger partial charge < -0.3 is 4.79 Å². The minimum atomic E-state index is -0.0852. The zero-order valence-corrected chi connectivity index (χ0v) is 11.7. The molecule has 0 aliphatic heterocycles. The number of benzene rings is 2. The second-order valence-electron chi connectivity index (χ2n) is 3.58. The number of carbonyl (C=O) groups excluding carboxylic acids is 1. The first-order valence-corrected chi connectivity index (χ1v) is 6.87. The lowest BCUT2D eigenvalue weighted by Gasteiger charge is -2.11. The number of halogens is 2. The summed E-state index contributed by atoms with van der Waals surface area (Å²) >= 11 is 6.90. The Morgan fingerprint density at radius 3 is 2.50 bits per heavy atom. The summed E-state index contributed by atoms with van der Waals surface area (Å²) in [5.74, 6) is -0.0852. The molecule has 0 amide bonds. The first-order valence-electron chi connectivity index (χ1n) is 4.96. The summed E-state index contributed by atoms with van der Waals surface area (Å²) in [6.45, 7) is 0. The zero-order valence-electron chi connectivity index (χ0n) is 8.49. The smallest absolute Gasteiger partial charge is 0.128 e. The van der Waals surface area contributed by atoms with Crippen LogP contribution in [0.1, 0.15) is 11.5 Å². The Morgan fingerprint density at radius 2 is 1.81 bits per heavy atom. The highest BCUT2D eigenvalue weighted by Gasteiger charge is 2.12. The molecule has 0 heterocycles. The molecule has 1 unspecified atom stereocenters. The maximum Gasteiger partial charge on any atom is 0.128 e. The molecule has 2 rings (SSSR count). The molecule has 0 spiro atoms. The maximum atomic E-state index is 11.0. The van der Waals surface area contributed by atoms with Gasteiger partial charge in [0.25, 0.3) is 0 Å². The fourth-order valence-corrected chi connectivity index (χ4v) is 2.81. The summed E-state index contributed by atoms with van der Waals surface area (Å²) in [5.41, 5.74) is 1.07. The molecule has 82 valence electrons. The molecule has 0 fully saturated rings. The van der Waals surface area contributed by atoms with Gasteiger partial charge in [-0.15, -0.1) is 0 Å². The largest absolute Gasteiger partial charge is 0.303 e. The molecule has 0 N–H and O–H groups in total. The third-order valence-electron chi connectivity index (χ3n) is 2.63. The van der Waals surface area contributed by atoms with Gasteiger partial charge in [-0.05, 0) is 22.4 Å². The number of hydrogen-bond donors (Lipinski definition) is 0. The van der Waals surface area contributed by atoms with Crippen LogP contribution in [0.25, 0.3) is 10.8 Å². The van der Waals surface area contributed by atoms with Gasteiger partial charge in [-0.1, -0.05) is 62.2 Å². The lowest BCUT2D eigenvalue weighted by atomic mass is 9.96. The van der Waals surface area contributed by atoms with Crippen LogP contribution >= 0.6 is 31.9 Å². The Hall–Kier alpha value is -0.670. The lowest BCUT2D eigenvalue weighted by Crippen LogP contribution is -2.02. The molecule has 0 saturated carbocycles. The van der Waals surface area contributed by atoms with Crippen LogP contribution in [0.15, 0.2) is 40.9 Å². The van der Waals surface area contributed by atoms with Gasteiger partial charge >= 0.3 is 0 Å². The van der Waals surface area contributed by atoms with E-state index in [0.717, 1.165) is 27.1 Å². The van der Waals surface area contributed by atoms with Crippen LogP contribution in [0.5, 0.6) is 0 Å². The minimum absolute atomic E-state index is 0.0852. The molecule has 0 saturated heterocycles. The summed E-state index contributed by atoms with van der Waals surface area (Å²) in [7, 11) is 0. The van der Waals surface area contributed by atoms with Gasteiger partial charge in [-0.2, -0.15) is 0 Å². The van der Waals surface area contributed by atoms with Gasteiger partial charge in [0.05, 0.1) is 0 Å². The summed E-state index contributed by atoms with van der Waals surface area (Å²) in [6, 6.07) is 12.1. The Kier molecular flexibility index (Phi) is 3.77. The van der Waals surface area contributed by atoms with Gasteiger partial charge in [-0.3, -0.25) is 0 Å². The van der Waals surface area contributed by atoms with Crippen LogP contribution in [0.2, 0.25) is 0 Å². The predicted molar refractivity (Wildman–Crippen MR) is 74.2 cm³/mol. The van der Waals surface area contributed by atoms with Crippen molar-refractivity contribution in [2.24, 2.45) is 0 Å². The SMILES string of the molecule is O=CC(CBr)c1cccc2c(Br)cccc12. The summed E-state index contributed by atoms with van der Waals surface area (Å²) in [5, 5.41) is 2.93. The highest BCUT2D eigenvalue weighted by Crippen LogP contribution is 2.30. The quantitative estimate of drug-likeness (QED) is 0.601. The van der Waals surface area contributed by atoms with Gasteiger partial charge in [0.1, 0.15) is 6.29 Å². The third kappa shape index (κ3) is 2.06. The van der Waals surface area contributed by atoms with Gasteiger partial charge in [-0.25, -0.2) is 0 Å². The Bertz CT molecular complexity index is 522. The van der Waals surface area contributed by atoms with E-state index >= 15 is 0 Å². The van der Waals surface area contributed by atoms with E-state index in [1.165, 1.54) is 0 Å². The second kappa shape index (κ2) is 5.11. The molecule has 0 aliphatic rings. The number of carbonyl (C=O) groups is 1. The van der Waals surface area contributed by atoms with Crippen LogP contribution in [0.3, 0.4) is 0 Å². The molecule has 2 aromatic carbocycles. The predicted octanol–water partition coefficient (Wildman–Crippen LogP) is 4.28. The average Bonchev–Trinajstić information content (AvgIpc) is 2.32. The number of alkyl halides is 1. The normalized spacial score (nSPS) is 12.6.